The molecule has 0 saturated carbocycles. The number of para-hydroxylation sites is 1. The molecule has 1 aromatic carbocycles. The molecule has 0 spiro atoms. The highest BCUT2D eigenvalue weighted by Crippen LogP contribution is 2.39. The number of benzene rings is 1. The van der Waals surface area contributed by atoms with Crippen molar-refractivity contribution in [2.45, 2.75) is 37.3 Å². The van der Waals surface area contributed by atoms with E-state index in [0.29, 0.717) is 25.1 Å². The number of aliphatic hydroxyl groups is 1. The molecule has 2 aromatic rings. The summed E-state index contributed by atoms with van der Waals surface area (Å²) in [5, 5.41) is 13.3. The average Bonchev–Trinajstić information content (AvgIpc) is 3.05. The van der Waals surface area contributed by atoms with Gasteiger partial charge in [0.05, 0.1) is 17.2 Å². The number of hydrogen-bond acceptors (Lipinski definition) is 3. The molecular weight excluding hydrogens is 350 g/mol. The van der Waals surface area contributed by atoms with Crippen molar-refractivity contribution in [2.75, 3.05) is 6.54 Å². The number of nitrogens with one attached hydrogen (secondary N) is 1. The van der Waals surface area contributed by atoms with Crippen molar-refractivity contribution in [3.8, 4) is 0 Å². The van der Waals surface area contributed by atoms with Crippen LogP contribution >= 0.6 is 0 Å². The molecule has 0 amide bonds. The smallest absolute Gasteiger partial charge is 0.387 e. The fourth-order valence-corrected chi connectivity index (χ4v) is 3.09. The number of rotatable bonds is 2. The molecule has 0 radical (unpaired) electrons. The molecule has 1 aliphatic rings. The van der Waals surface area contributed by atoms with Gasteiger partial charge in [-0.2, -0.15) is 26.3 Å². The zero-order chi connectivity index (χ0) is 18.4. The zero-order valence-corrected chi connectivity index (χ0v) is 12.7. The number of pyridine rings is 1. The lowest BCUT2D eigenvalue weighted by Gasteiger charge is -2.22. The normalized spacial score (nSPS) is 20.2. The van der Waals surface area contributed by atoms with Crippen LogP contribution in [0.1, 0.15) is 35.8 Å². The van der Waals surface area contributed by atoms with E-state index in [0.717, 1.165) is 12.5 Å². The molecule has 0 aliphatic carbocycles. The number of alkyl halides is 6. The van der Waals surface area contributed by atoms with E-state index in [4.69, 9.17) is 0 Å². The fraction of sp³-hybridized carbons (Fsp3) is 0.438. The number of fused-ring (bicyclic) bond motifs is 1. The monoisotopic (exact) mass is 364 g/mol. The molecule has 2 atom stereocenters. The Kier molecular flexibility index (Phi) is 4.40. The van der Waals surface area contributed by atoms with Crippen LogP contribution < -0.4 is 5.32 Å². The van der Waals surface area contributed by atoms with Crippen LogP contribution in [0, 0.1) is 0 Å². The molecule has 3 nitrogen and oxygen atoms in total. The molecule has 3 rings (SSSR count). The van der Waals surface area contributed by atoms with Gasteiger partial charge in [-0.05, 0) is 37.1 Å². The Balaban J connectivity index is 2.27. The van der Waals surface area contributed by atoms with Crippen molar-refractivity contribution in [2.24, 2.45) is 0 Å². The molecular formula is C16H14F6N2O. The maximum atomic E-state index is 13.2. The predicted molar refractivity (Wildman–Crippen MR) is 77.7 cm³/mol. The van der Waals surface area contributed by atoms with E-state index in [1.54, 1.807) is 0 Å². The van der Waals surface area contributed by atoms with E-state index < -0.39 is 41.3 Å². The summed E-state index contributed by atoms with van der Waals surface area (Å²) in [7, 11) is 0. The van der Waals surface area contributed by atoms with Gasteiger partial charge in [-0.25, -0.2) is 4.98 Å². The van der Waals surface area contributed by atoms with Crippen molar-refractivity contribution in [1.82, 2.24) is 10.3 Å². The topological polar surface area (TPSA) is 45.2 Å². The first kappa shape index (κ1) is 17.9. The highest BCUT2D eigenvalue weighted by molar-refractivity contribution is 5.86. The lowest BCUT2D eigenvalue weighted by Crippen LogP contribution is -2.29. The van der Waals surface area contributed by atoms with Crippen molar-refractivity contribution < 1.29 is 31.4 Å². The predicted octanol–water partition coefficient (Wildman–Crippen LogP) is 4.06. The van der Waals surface area contributed by atoms with Crippen LogP contribution in [-0.2, 0) is 12.4 Å². The maximum Gasteiger partial charge on any atom is 0.433 e. The second kappa shape index (κ2) is 6.14. The number of nitrogens with zero attached hydrogens (tertiary/aromatic N) is 1. The molecule has 2 heterocycles. The summed E-state index contributed by atoms with van der Waals surface area (Å²) in [5.41, 5.74) is -3.73. The summed E-state index contributed by atoms with van der Waals surface area (Å²) in [6, 6.07) is 3.14. The van der Waals surface area contributed by atoms with E-state index in [9.17, 15) is 31.4 Å². The number of halogens is 6. The lowest BCUT2D eigenvalue weighted by molar-refractivity contribution is -0.142. The lowest BCUT2D eigenvalue weighted by atomic mass is 9.95. The van der Waals surface area contributed by atoms with Crippen molar-refractivity contribution >= 4 is 10.9 Å². The van der Waals surface area contributed by atoms with Gasteiger partial charge in [0.15, 0.2) is 0 Å². The van der Waals surface area contributed by atoms with E-state index in [1.807, 2.05) is 0 Å². The van der Waals surface area contributed by atoms with Crippen molar-refractivity contribution in [3.05, 3.63) is 41.1 Å². The first-order valence-corrected chi connectivity index (χ1v) is 7.58. The van der Waals surface area contributed by atoms with E-state index >= 15 is 0 Å². The Morgan fingerprint density at radius 3 is 2.40 bits per heavy atom. The van der Waals surface area contributed by atoms with Gasteiger partial charge in [-0.3, -0.25) is 0 Å². The fourth-order valence-electron chi connectivity index (χ4n) is 3.09. The Bertz CT molecular complexity index is 781. The molecule has 136 valence electrons. The largest absolute Gasteiger partial charge is 0.433 e. The SMILES string of the molecule is OC(c1cc(C(F)(F)F)nc2c(C(F)(F)F)cccc12)[C@@H]1CCCN1. The quantitative estimate of drug-likeness (QED) is 0.790. The second-order valence-electron chi connectivity index (χ2n) is 5.94. The Labute approximate surface area is 138 Å². The number of aliphatic hydroxyl groups excluding tert-OH is 1. The van der Waals surface area contributed by atoms with Crippen molar-refractivity contribution in [3.63, 3.8) is 0 Å². The third-order valence-corrected chi connectivity index (χ3v) is 4.27. The molecule has 1 saturated heterocycles. The molecule has 1 aromatic heterocycles. The number of hydrogen-bond donors (Lipinski definition) is 2. The van der Waals surface area contributed by atoms with Gasteiger partial charge in [-0.15, -0.1) is 0 Å². The van der Waals surface area contributed by atoms with Gasteiger partial charge in [0, 0.05) is 11.4 Å². The minimum absolute atomic E-state index is 0.135. The third kappa shape index (κ3) is 3.43. The van der Waals surface area contributed by atoms with Crippen LogP contribution in [0.4, 0.5) is 26.3 Å². The first-order chi connectivity index (χ1) is 11.6. The third-order valence-electron chi connectivity index (χ3n) is 4.27. The van der Waals surface area contributed by atoms with Crippen LogP contribution in [0.25, 0.3) is 10.9 Å². The molecule has 1 fully saturated rings. The van der Waals surface area contributed by atoms with Gasteiger partial charge < -0.3 is 10.4 Å². The maximum absolute atomic E-state index is 13.2. The Morgan fingerprint density at radius 2 is 1.84 bits per heavy atom. The molecule has 1 aliphatic heterocycles. The van der Waals surface area contributed by atoms with Crippen LogP contribution in [0.3, 0.4) is 0 Å². The van der Waals surface area contributed by atoms with Crippen molar-refractivity contribution in [1.29, 1.82) is 0 Å². The second-order valence-corrected chi connectivity index (χ2v) is 5.94. The summed E-state index contributed by atoms with van der Waals surface area (Å²) in [6.45, 7) is 0.588. The van der Waals surface area contributed by atoms with E-state index in [-0.39, 0.29) is 10.9 Å². The zero-order valence-electron chi connectivity index (χ0n) is 12.7. The van der Waals surface area contributed by atoms with Crippen LogP contribution in [0.5, 0.6) is 0 Å². The number of aromatic nitrogens is 1. The van der Waals surface area contributed by atoms with Gasteiger partial charge >= 0.3 is 12.4 Å². The molecule has 2 N–H and O–H groups in total. The minimum atomic E-state index is -4.93. The van der Waals surface area contributed by atoms with Crippen LogP contribution in [0.15, 0.2) is 24.3 Å². The van der Waals surface area contributed by atoms with Gasteiger partial charge in [-0.1, -0.05) is 12.1 Å². The molecule has 0 bridgehead atoms. The van der Waals surface area contributed by atoms with E-state index in [2.05, 4.69) is 10.3 Å². The average molecular weight is 364 g/mol. The highest BCUT2D eigenvalue weighted by Gasteiger charge is 2.38. The minimum Gasteiger partial charge on any atom is -0.387 e. The first-order valence-electron chi connectivity index (χ1n) is 7.58. The van der Waals surface area contributed by atoms with Gasteiger partial charge in [0.2, 0.25) is 0 Å². The Hall–Kier alpha value is -1.87. The molecule has 1 unspecified atom stereocenters. The van der Waals surface area contributed by atoms with Gasteiger partial charge in [0.1, 0.15) is 5.69 Å². The molecule has 25 heavy (non-hydrogen) atoms. The van der Waals surface area contributed by atoms with Gasteiger partial charge in [0.25, 0.3) is 0 Å². The van der Waals surface area contributed by atoms with E-state index in [1.165, 1.54) is 6.07 Å². The summed E-state index contributed by atoms with van der Waals surface area (Å²) in [5.74, 6) is 0. The summed E-state index contributed by atoms with van der Waals surface area (Å²) < 4.78 is 78.9. The van der Waals surface area contributed by atoms with Crippen LogP contribution in [0.2, 0.25) is 0 Å². The molecule has 9 heteroatoms. The highest BCUT2D eigenvalue weighted by atomic mass is 19.4. The Morgan fingerprint density at radius 1 is 1.12 bits per heavy atom. The summed E-state index contributed by atoms with van der Waals surface area (Å²) >= 11 is 0. The summed E-state index contributed by atoms with van der Waals surface area (Å²) in [4.78, 5) is 3.21. The summed E-state index contributed by atoms with van der Waals surface area (Å²) in [6.07, 6.45) is -9.90. The van der Waals surface area contributed by atoms with Crippen LogP contribution in [-0.4, -0.2) is 22.7 Å². The standard InChI is InChI=1S/C16H14F6N2O/c17-15(18,19)10-4-1-3-8-9(14(25)11-5-2-6-23-11)7-12(16(20,21)22)24-13(8)10/h1,3-4,7,11,14,23,25H,2,5-6H2/t11-,14?/m0/s1.